The van der Waals surface area contributed by atoms with E-state index < -0.39 is 0 Å². The Hall–Kier alpha value is -2.60. The van der Waals surface area contributed by atoms with E-state index in [4.69, 9.17) is 4.74 Å². The Kier molecular flexibility index (Phi) is 8.80. The molecule has 180 valence electrons. The summed E-state index contributed by atoms with van der Waals surface area (Å²) >= 11 is 0. The lowest BCUT2D eigenvalue weighted by molar-refractivity contribution is 0.0523. The van der Waals surface area contributed by atoms with Gasteiger partial charge in [-0.2, -0.15) is 0 Å². The summed E-state index contributed by atoms with van der Waals surface area (Å²) in [4.78, 5) is 2.35. The summed E-state index contributed by atoms with van der Waals surface area (Å²) < 4.78 is 33.1. The first-order chi connectivity index (χ1) is 16.6. The minimum atomic E-state index is -0.352. The Morgan fingerprint density at radius 1 is 0.824 bits per heavy atom. The van der Waals surface area contributed by atoms with Crippen LogP contribution in [0, 0.1) is 17.6 Å². The van der Waals surface area contributed by atoms with Crippen molar-refractivity contribution in [2.75, 3.05) is 26.2 Å². The van der Waals surface area contributed by atoms with Gasteiger partial charge >= 0.3 is 0 Å². The lowest BCUT2D eigenvalue weighted by Gasteiger charge is -2.33. The molecule has 1 N–H and O–H groups in total. The first-order valence-electron chi connectivity index (χ1n) is 12.1. The third-order valence-electron chi connectivity index (χ3n) is 6.65. The van der Waals surface area contributed by atoms with Crippen molar-refractivity contribution < 1.29 is 18.6 Å². The summed E-state index contributed by atoms with van der Waals surface area (Å²) in [5.41, 5.74) is 2.88. The highest BCUT2D eigenvalue weighted by atomic mass is 19.1. The van der Waals surface area contributed by atoms with Crippen LogP contribution in [0.3, 0.4) is 0 Å². The van der Waals surface area contributed by atoms with Gasteiger partial charge in [-0.15, -0.1) is 0 Å². The van der Waals surface area contributed by atoms with Crippen LogP contribution < -0.4 is 0 Å². The molecule has 3 nitrogen and oxygen atoms in total. The summed E-state index contributed by atoms with van der Waals surface area (Å²) in [6.45, 7) is 3.25. The summed E-state index contributed by atoms with van der Waals surface area (Å²) in [5.74, 6) is -0.00546. The third kappa shape index (κ3) is 7.20. The normalized spacial score (nSPS) is 16.1. The highest BCUT2D eigenvalue weighted by Gasteiger charge is 2.22. The monoisotopic (exact) mass is 465 g/mol. The van der Waals surface area contributed by atoms with Crippen molar-refractivity contribution in [3.8, 4) is 0 Å². The third-order valence-corrected chi connectivity index (χ3v) is 6.65. The molecule has 0 unspecified atom stereocenters. The van der Waals surface area contributed by atoms with E-state index in [2.05, 4.69) is 17.0 Å². The Morgan fingerprint density at radius 2 is 1.38 bits per heavy atom. The van der Waals surface area contributed by atoms with E-state index in [-0.39, 0.29) is 23.8 Å². The van der Waals surface area contributed by atoms with Gasteiger partial charge in [0.1, 0.15) is 17.7 Å². The summed E-state index contributed by atoms with van der Waals surface area (Å²) in [5, 5.41) is 10.5. The molecule has 1 atom stereocenters. The number of ether oxygens (including phenoxy) is 1. The number of halogens is 2. The summed E-state index contributed by atoms with van der Waals surface area (Å²) in [6, 6.07) is 22.7. The maximum Gasteiger partial charge on any atom is 0.123 e. The van der Waals surface area contributed by atoms with Gasteiger partial charge in [-0.3, -0.25) is 0 Å². The number of aliphatic hydroxyl groups is 1. The van der Waals surface area contributed by atoms with Gasteiger partial charge in [0.2, 0.25) is 0 Å². The molecule has 34 heavy (non-hydrogen) atoms. The number of hydrogen-bond donors (Lipinski definition) is 1. The molecule has 1 fully saturated rings. The fourth-order valence-electron chi connectivity index (χ4n) is 4.72. The summed E-state index contributed by atoms with van der Waals surface area (Å²) in [7, 11) is 0. The van der Waals surface area contributed by atoms with Crippen molar-refractivity contribution >= 4 is 0 Å². The molecule has 0 bridgehead atoms. The fraction of sp³-hybridized carbons (Fsp3) is 0.379. The van der Waals surface area contributed by atoms with Crippen molar-refractivity contribution in [3.05, 3.63) is 107 Å². The van der Waals surface area contributed by atoms with Crippen LogP contribution in [0.1, 0.15) is 42.1 Å². The molecule has 5 heteroatoms. The SMILES string of the molecule is O[C@@H](Cc1ccccc1)CN1CCC(CCOC(c2ccc(F)cc2)c2ccc(F)cc2)CC1. The Balaban J connectivity index is 1.24. The van der Waals surface area contributed by atoms with Crippen LogP contribution in [0.15, 0.2) is 78.9 Å². The fourth-order valence-corrected chi connectivity index (χ4v) is 4.72. The van der Waals surface area contributed by atoms with Gasteiger partial charge in [-0.25, -0.2) is 8.78 Å². The highest BCUT2D eigenvalue weighted by molar-refractivity contribution is 5.30. The number of rotatable bonds is 10. The van der Waals surface area contributed by atoms with E-state index in [9.17, 15) is 13.9 Å². The van der Waals surface area contributed by atoms with Crippen LogP contribution in [-0.2, 0) is 11.2 Å². The average molecular weight is 466 g/mol. The number of hydrogen-bond acceptors (Lipinski definition) is 3. The number of benzene rings is 3. The first kappa shape index (κ1) is 24.5. The number of aliphatic hydroxyl groups excluding tert-OH is 1. The smallest absolute Gasteiger partial charge is 0.123 e. The molecule has 0 amide bonds. The van der Waals surface area contributed by atoms with Gasteiger partial charge in [-0.1, -0.05) is 54.6 Å². The number of likely N-dealkylation sites (tertiary alicyclic amines) is 1. The second kappa shape index (κ2) is 12.2. The van der Waals surface area contributed by atoms with E-state index in [0.29, 0.717) is 25.5 Å². The van der Waals surface area contributed by atoms with Crippen molar-refractivity contribution in [1.82, 2.24) is 4.90 Å². The average Bonchev–Trinajstić information content (AvgIpc) is 2.85. The van der Waals surface area contributed by atoms with E-state index in [1.54, 1.807) is 24.3 Å². The van der Waals surface area contributed by atoms with Crippen LogP contribution in [-0.4, -0.2) is 42.4 Å². The molecule has 1 aliphatic heterocycles. The van der Waals surface area contributed by atoms with Gasteiger partial charge in [0.15, 0.2) is 0 Å². The second-order valence-electron chi connectivity index (χ2n) is 9.23. The predicted octanol–water partition coefficient (Wildman–Crippen LogP) is 5.78. The number of piperidine rings is 1. The van der Waals surface area contributed by atoms with E-state index in [0.717, 1.165) is 43.5 Å². The largest absolute Gasteiger partial charge is 0.391 e. The molecule has 0 aliphatic carbocycles. The Labute approximate surface area is 201 Å². The van der Waals surface area contributed by atoms with Crippen LogP contribution in [0.25, 0.3) is 0 Å². The van der Waals surface area contributed by atoms with E-state index in [1.807, 2.05) is 18.2 Å². The molecular weight excluding hydrogens is 432 g/mol. The molecule has 1 saturated heterocycles. The topological polar surface area (TPSA) is 32.7 Å². The van der Waals surface area contributed by atoms with Gasteiger partial charge in [0, 0.05) is 13.2 Å². The minimum Gasteiger partial charge on any atom is -0.391 e. The molecular formula is C29H33F2NO2. The zero-order valence-corrected chi connectivity index (χ0v) is 19.5. The van der Waals surface area contributed by atoms with Crippen LogP contribution in [0.2, 0.25) is 0 Å². The molecule has 0 saturated carbocycles. The maximum absolute atomic E-state index is 13.4. The zero-order valence-electron chi connectivity index (χ0n) is 19.5. The van der Waals surface area contributed by atoms with Crippen molar-refractivity contribution in [2.45, 2.75) is 37.9 Å². The minimum absolute atomic E-state index is 0.290. The van der Waals surface area contributed by atoms with Crippen molar-refractivity contribution in [1.29, 1.82) is 0 Å². The maximum atomic E-state index is 13.4. The lowest BCUT2D eigenvalue weighted by atomic mass is 9.93. The highest BCUT2D eigenvalue weighted by Crippen LogP contribution is 2.28. The van der Waals surface area contributed by atoms with E-state index >= 15 is 0 Å². The standard InChI is InChI=1S/C29H33F2NO2/c30-26-10-6-24(7-11-26)29(25-8-12-27(31)13-9-25)34-19-16-22-14-17-32(18-15-22)21-28(33)20-23-4-2-1-3-5-23/h1-13,22,28-29,33H,14-21H2/t28-/m0/s1. The Morgan fingerprint density at radius 3 is 1.94 bits per heavy atom. The number of nitrogens with zero attached hydrogens (tertiary/aromatic N) is 1. The quantitative estimate of drug-likeness (QED) is 0.412. The van der Waals surface area contributed by atoms with Crippen LogP contribution in [0.5, 0.6) is 0 Å². The van der Waals surface area contributed by atoms with Gasteiger partial charge in [-0.05, 0) is 85.6 Å². The first-order valence-corrected chi connectivity index (χ1v) is 12.1. The molecule has 1 aliphatic rings. The van der Waals surface area contributed by atoms with Crippen LogP contribution >= 0.6 is 0 Å². The molecule has 4 rings (SSSR count). The molecule has 1 heterocycles. The number of β-amino-alcohol motifs (C(OH)–C–C–N with tert-alkyl or cyclic N) is 1. The van der Waals surface area contributed by atoms with Crippen LogP contribution in [0.4, 0.5) is 8.78 Å². The predicted molar refractivity (Wildman–Crippen MR) is 131 cm³/mol. The van der Waals surface area contributed by atoms with E-state index in [1.165, 1.54) is 29.8 Å². The molecule has 0 aromatic heterocycles. The Bertz CT molecular complexity index is 941. The molecule has 0 spiro atoms. The van der Waals surface area contributed by atoms with Gasteiger partial charge in [0.25, 0.3) is 0 Å². The molecule has 3 aromatic rings. The van der Waals surface area contributed by atoms with Gasteiger partial charge in [0.05, 0.1) is 6.10 Å². The zero-order chi connectivity index (χ0) is 23.8. The van der Waals surface area contributed by atoms with Crippen molar-refractivity contribution in [3.63, 3.8) is 0 Å². The molecule has 0 radical (unpaired) electrons. The summed E-state index contributed by atoms with van der Waals surface area (Å²) in [6.07, 6.45) is 3.09. The van der Waals surface area contributed by atoms with Crippen molar-refractivity contribution in [2.24, 2.45) is 5.92 Å². The lowest BCUT2D eigenvalue weighted by Crippen LogP contribution is -2.39. The van der Waals surface area contributed by atoms with Gasteiger partial charge < -0.3 is 14.7 Å². The molecule has 3 aromatic carbocycles. The second-order valence-corrected chi connectivity index (χ2v) is 9.23.